The van der Waals surface area contributed by atoms with Gasteiger partial charge in [-0.25, -0.2) is 4.98 Å². The van der Waals surface area contributed by atoms with Crippen molar-refractivity contribution in [1.82, 2.24) is 10.3 Å². The van der Waals surface area contributed by atoms with Crippen molar-refractivity contribution in [2.24, 2.45) is 0 Å². The fourth-order valence-corrected chi connectivity index (χ4v) is 2.39. The lowest BCUT2D eigenvalue weighted by molar-refractivity contribution is 0.0934. The molecule has 1 fully saturated rings. The van der Waals surface area contributed by atoms with Gasteiger partial charge in [0.2, 0.25) is 5.88 Å². The number of amides is 1. The van der Waals surface area contributed by atoms with Crippen LogP contribution < -0.4 is 10.1 Å². The molecule has 0 bridgehead atoms. The van der Waals surface area contributed by atoms with E-state index in [1.54, 1.807) is 18.3 Å². The van der Waals surface area contributed by atoms with Crippen LogP contribution >= 0.6 is 11.6 Å². The smallest absolute Gasteiger partial charge is 0.257 e. The van der Waals surface area contributed by atoms with Gasteiger partial charge in [-0.1, -0.05) is 0 Å². The number of carbonyl (C=O) groups is 1. The Hall–Kier alpha value is -1.29. The largest absolute Gasteiger partial charge is 0.480 e. The van der Waals surface area contributed by atoms with Crippen LogP contribution in [0.15, 0.2) is 18.3 Å². The van der Waals surface area contributed by atoms with Crippen LogP contribution in [0.5, 0.6) is 5.88 Å². The third kappa shape index (κ3) is 2.69. The second-order valence-electron chi connectivity index (χ2n) is 4.09. The summed E-state index contributed by atoms with van der Waals surface area (Å²) in [7, 11) is 1.50. The zero-order valence-electron chi connectivity index (χ0n) is 9.65. The summed E-state index contributed by atoms with van der Waals surface area (Å²) in [5.74, 6) is 0.168. The molecule has 1 heterocycles. The number of hydrogen-bond acceptors (Lipinski definition) is 3. The highest BCUT2D eigenvalue weighted by Gasteiger charge is 2.27. The number of alkyl halides is 1. The molecule has 0 aromatic carbocycles. The topological polar surface area (TPSA) is 51.2 Å². The first-order valence-electron chi connectivity index (χ1n) is 5.66. The molecule has 0 saturated heterocycles. The SMILES string of the molecule is COc1ncccc1C(=O)NC1CCCC1Cl. The highest BCUT2D eigenvalue weighted by atomic mass is 35.5. The molecule has 1 aliphatic rings. The minimum Gasteiger partial charge on any atom is -0.480 e. The van der Waals surface area contributed by atoms with E-state index in [1.807, 2.05) is 0 Å². The molecule has 0 aliphatic heterocycles. The summed E-state index contributed by atoms with van der Waals surface area (Å²) in [6.45, 7) is 0. The van der Waals surface area contributed by atoms with Crippen LogP contribution in [0.4, 0.5) is 0 Å². The molecule has 1 N–H and O–H groups in total. The lowest BCUT2D eigenvalue weighted by atomic mass is 10.2. The summed E-state index contributed by atoms with van der Waals surface area (Å²) < 4.78 is 5.05. The summed E-state index contributed by atoms with van der Waals surface area (Å²) in [5.41, 5.74) is 0.450. The van der Waals surface area contributed by atoms with E-state index in [4.69, 9.17) is 16.3 Å². The molecule has 4 nitrogen and oxygen atoms in total. The Morgan fingerprint density at radius 3 is 3.06 bits per heavy atom. The lowest BCUT2D eigenvalue weighted by Crippen LogP contribution is -2.38. The molecule has 5 heteroatoms. The summed E-state index contributed by atoms with van der Waals surface area (Å²) in [5, 5.41) is 2.96. The predicted molar refractivity (Wildman–Crippen MR) is 65.5 cm³/mol. The van der Waals surface area contributed by atoms with Crippen molar-refractivity contribution in [3.05, 3.63) is 23.9 Å². The number of hydrogen-bond donors (Lipinski definition) is 1. The third-order valence-corrected chi connectivity index (χ3v) is 3.48. The van der Waals surface area contributed by atoms with Gasteiger partial charge >= 0.3 is 0 Å². The number of rotatable bonds is 3. The molecular formula is C12H15ClN2O2. The van der Waals surface area contributed by atoms with E-state index >= 15 is 0 Å². The molecule has 92 valence electrons. The fourth-order valence-electron chi connectivity index (χ4n) is 2.05. The van der Waals surface area contributed by atoms with Crippen molar-refractivity contribution in [3.63, 3.8) is 0 Å². The highest BCUT2D eigenvalue weighted by molar-refractivity contribution is 6.21. The third-order valence-electron chi connectivity index (χ3n) is 2.96. The average molecular weight is 255 g/mol. The first-order chi connectivity index (χ1) is 8.22. The van der Waals surface area contributed by atoms with E-state index in [9.17, 15) is 4.79 Å². The number of nitrogens with zero attached hydrogens (tertiary/aromatic N) is 1. The number of pyridine rings is 1. The number of halogens is 1. The van der Waals surface area contributed by atoms with E-state index in [1.165, 1.54) is 7.11 Å². The standard InChI is InChI=1S/C12H15ClN2O2/c1-17-12-8(4-3-7-14-12)11(16)15-10-6-2-5-9(10)13/h3-4,7,9-10H,2,5-6H2,1H3,(H,15,16). The van der Waals surface area contributed by atoms with Gasteiger partial charge in [0.15, 0.2) is 0 Å². The van der Waals surface area contributed by atoms with Gasteiger partial charge in [-0.2, -0.15) is 0 Å². The van der Waals surface area contributed by atoms with Gasteiger partial charge in [0.25, 0.3) is 5.91 Å². The van der Waals surface area contributed by atoms with E-state index in [2.05, 4.69) is 10.3 Å². The number of nitrogens with one attached hydrogen (secondary N) is 1. The minimum absolute atomic E-state index is 0.0293. The molecule has 0 radical (unpaired) electrons. The molecule has 1 aromatic rings. The number of ether oxygens (including phenoxy) is 1. The van der Waals surface area contributed by atoms with Crippen LogP contribution in [0.1, 0.15) is 29.6 Å². The second kappa shape index (κ2) is 5.36. The van der Waals surface area contributed by atoms with Crippen molar-refractivity contribution < 1.29 is 9.53 Å². The summed E-state index contributed by atoms with van der Waals surface area (Å²) >= 11 is 6.12. The monoisotopic (exact) mass is 254 g/mol. The maximum atomic E-state index is 12.0. The molecule has 2 atom stereocenters. The summed E-state index contributed by atoms with van der Waals surface area (Å²) in [6.07, 6.45) is 4.54. The van der Waals surface area contributed by atoms with Crippen molar-refractivity contribution in [2.75, 3.05) is 7.11 Å². The highest BCUT2D eigenvalue weighted by Crippen LogP contribution is 2.24. The molecule has 1 aromatic heterocycles. The zero-order valence-corrected chi connectivity index (χ0v) is 10.4. The van der Waals surface area contributed by atoms with Crippen LogP contribution in [-0.2, 0) is 0 Å². The summed E-state index contributed by atoms with van der Waals surface area (Å²) in [4.78, 5) is 16.0. The maximum Gasteiger partial charge on any atom is 0.257 e. The predicted octanol–water partition coefficient (Wildman–Crippen LogP) is 1.98. The first kappa shape index (κ1) is 12.2. The molecule has 2 unspecified atom stereocenters. The number of methoxy groups -OCH3 is 1. The van der Waals surface area contributed by atoms with Gasteiger partial charge < -0.3 is 10.1 Å². The number of carbonyl (C=O) groups excluding carboxylic acids is 1. The Kier molecular flexibility index (Phi) is 3.84. The van der Waals surface area contributed by atoms with Gasteiger partial charge in [-0.3, -0.25) is 4.79 Å². The van der Waals surface area contributed by atoms with Gasteiger partial charge in [0.1, 0.15) is 5.56 Å². The van der Waals surface area contributed by atoms with Crippen molar-refractivity contribution in [2.45, 2.75) is 30.7 Å². The van der Waals surface area contributed by atoms with E-state index in [-0.39, 0.29) is 17.3 Å². The molecule has 2 rings (SSSR count). The maximum absolute atomic E-state index is 12.0. The average Bonchev–Trinajstić information content (AvgIpc) is 2.75. The summed E-state index contributed by atoms with van der Waals surface area (Å²) in [6, 6.07) is 3.46. The number of aromatic nitrogens is 1. The normalized spacial score (nSPS) is 23.4. The van der Waals surface area contributed by atoms with Crippen LogP contribution in [0.2, 0.25) is 0 Å². The Morgan fingerprint density at radius 1 is 1.59 bits per heavy atom. The van der Waals surface area contributed by atoms with Crippen LogP contribution in [-0.4, -0.2) is 29.4 Å². The quantitative estimate of drug-likeness (QED) is 0.840. The van der Waals surface area contributed by atoms with Crippen molar-refractivity contribution >= 4 is 17.5 Å². The molecule has 1 amide bonds. The molecular weight excluding hydrogens is 240 g/mol. The van der Waals surface area contributed by atoms with Crippen molar-refractivity contribution in [3.8, 4) is 5.88 Å². The van der Waals surface area contributed by atoms with Gasteiger partial charge in [0.05, 0.1) is 12.5 Å². The Bertz CT molecular complexity index is 411. The van der Waals surface area contributed by atoms with Crippen molar-refractivity contribution in [1.29, 1.82) is 0 Å². The van der Waals surface area contributed by atoms with E-state index in [0.717, 1.165) is 19.3 Å². The van der Waals surface area contributed by atoms with E-state index in [0.29, 0.717) is 11.4 Å². The van der Waals surface area contributed by atoms with Gasteiger partial charge in [0, 0.05) is 12.2 Å². The second-order valence-corrected chi connectivity index (χ2v) is 4.65. The zero-order chi connectivity index (χ0) is 12.3. The lowest BCUT2D eigenvalue weighted by Gasteiger charge is -2.16. The van der Waals surface area contributed by atoms with E-state index < -0.39 is 0 Å². The van der Waals surface area contributed by atoms with Crippen LogP contribution in [0, 0.1) is 0 Å². The molecule has 0 spiro atoms. The Morgan fingerprint density at radius 2 is 2.41 bits per heavy atom. The molecule has 1 saturated carbocycles. The Balaban J connectivity index is 2.09. The van der Waals surface area contributed by atoms with Gasteiger partial charge in [-0.05, 0) is 31.4 Å². The fraction of sp³-hybridized carbons (Fsp3) is 0.500. The van der Waals surface area contributed by atoms with Gasteiger partial charge in [-0.15, -0.1) is 11.6 Å². The Labute approximate surface area is 105 Å². The first-order valence-corrected chi connectivity index (χ1v) is 6.10. The molecule has 17 heavy (non-hydrogen) atoms. The van der Waals surface area contributed by atoms with Crippen LogP contribution in [0.3, 0.4) is 0 Å². The minimum atomic E-state index is -0.174. The van der Waals surface area contributed by atoms with Crippen LogP contribution in [0.25, 0.3) is 0 Å². The molecule has 1 aliphatic carbocycles.